The van der Waals surface area contributed by atoms with Gasteiger partial charge in [0.1, 0.15) is 11.5 Å². The molecule has 1 aliphatic heterocycles. The third-order valence-electron chi connectivity index (χ3n) is 3.57. The summed E-state index contributed by atoms with van der Waals surface area (Å²) in [6, 6.07) is 17.1. The summed E-state index contributed by atoms with van der Waals surface area (Å²) >= 11 is 1.92. The Kier molecular flexibility index (Phi) is 5.01. The van der Waals surface area contributed by atoms with Crippen LogP contribution < -0.4 is 4.74 Å². The Morgan fingerprint density at radius 1 is 0.955 bits per heavy atom. The molecule has 0 aliphatic carbocycles. The van der Waals surface area contributed by atoms with Gasteiger partial charge in [0.2, 0.25) is 0 Å². The molecule has 0 N–H and O–H groups in total. The largest absolute Gasteiger partial charge is 0.457 e. The molecule has 1 saturated heterocycles. The SMILES string of the molecule is O=C(c1cccc(Oc2ccccc2)c1)N1CCCSCC1. The molecule has 1 amide bonds. The lowest BCUT2D eigenvalue weighted by Gasteiger charge is -2.20. The van der Waals surface area contributed by atoms with Gasteiger partial charge in [0.15, 0.2) is 0 Å². The number of carbonyl (C=O) groups excluding carboxylic acids is 1. The predicted molar refractivity (Wildman–Crippen MR) is 90.8 cm³/mol. The number of amides is 1. The van der Waals surface area contributed by atoms with E-state index < -0.39 is 0 Å². The Bertz CT molecular complexity index is 622. The number of ether oxygens (including phenoxy) is 1. The molecule has 3 nitrogen and oxygen atoms in total. The van der Waals surface area contributed by atoms with Gasteiger partial charge in [0.25, 0.3) is 5.91 Å². The highest BCUT2D eigenvalue weighted by molar-refractivity contribution is 7.99. The van der Waals surface area contributed by atoms with E-state index in [1.54, 1.807) is 0 Å². The van der Waals surface area contributed by atoms with Gasteiger partial charge in [-0.1, -0.05) is 24.3 Å². The smallest absolute Gasteiger partial charge is 0.254 e. The van der Waals surface area contributed by atoms with E-state index in [2.05, 4.69) is 0 Å². The molecule has 4 heteroatoms. The van der Waals surface area contributed by atoms with Crippen molar-refractivity contribution in [2.75, 3.05) is 24.6 Å². The number of rotatable bonds is 3. The first-order valence-electron chi connectivity index (χ1n) is 7.53. The maximum Gasteiger partial charge on any atom is 0.254 e. The van der Waals surface area contributed by atoms with Gasteiger partial charge in [-0.3, -0.25) is 4.79 Å². The second kappa shape index (κ2) is 7.36. The molecule has 2 aromatic rings. The summed E-state index contributed by atoms with van der Waals surface area (Å²) in [4.78, 5) is 14.6. The summed E-state index contributed by atoms with van der Waals surface area (Å²) < 4.78 is 5.81. The minimum absolute atomic E-state index is 0.0982. The first-order chi connectivity index (χ1) is 10.8. The van der Waals surface area contributed by atoms with Gasteiger partial charge in [0.05, 0.1) is 0 Å². The molecule has 0 radical (unpaired) electrons. The molecule has 1 heterocycles. The van der Waals surface area contributed by atoms with Crippen molar-refractivity contribution in [1.29, 1.82) is 0 Å². The van der Waals surface area contributed by atoms with Crippen molar-refractivity contribution in [2.45, 2.75) is 6.42 Å². The quantitative estimate of drug-likeness (QED) is 0.856. The zero-order valence-corrected chi connectivity index (χ0v) is 13.2. The highest BCUT2D eigenvalue weighted by Crippen LogP contribution is 2.23. The van der Waals surface area contributed by atoms with Gasteiger partial charge < -0.3 is 9.64 Å². The van der Waals surface area contributed by atoms with E-state index in [-0.39, 0.29) is 5.91 Å². The fourth-order valence-corrected chi connectivity index (χ4v) is 3.34. The van der Waals surface area contributed by atoms with Crippen LogP contribution >= 0.6 is 11.8 Å². The lowest BCUT2D eigenvalue weighted by Crippen LogP contribution is -2.32. The van der Waals surface area contributed by atoms with Crippen molar-refractivity contribution in [2.24, 2.45) is 0 Å². The van der Waals surface area contributed by atoms with Crippen LogP contribution in [-0.2, 0) is 0 Å². The maximum absolute atomic E-state index is 12.6. The molecule has 2 aromatic carbocycles. The van der Waals surface area contributed by atoms with E-state index in [4.69, 9.17) is 4.74 Å². The van der Waals surface area contributed by atoms with Crippen molar-refractivity contribution in [3.05, 3.63) is 60.2 Å². The van der Waals surface area contributed by atoms with Gasteiger partial charge in [-0.05, 0) is 42.5 Å². The average Bonchev–Trinajstić information content (AvgIpc) is 2.85. The topological polar surface area (TPSA) is 29.5 Å². The molecule has 0 unspecified atom stereocenters. The molecule has 0 spiro atoms. The molecule has 0 aromatic heterocycles. The molecule has 0 saturated carbocycles. The molecule has 1 fully saturated rings. The van der Waals surface area contributed by atoms with Crippen LogP contribution in [0.3, 0.4) is 0 Å². The van der Waals surface area contributed by atoms with Crippen LogP contribution in [-0.4, -0.2) is 35.4 Å². The summed E-state index contributed by atoms with van der Waals surface area (Å²) in [5.41, 5.74) is 0.695. The van der Waals surface area contributed by atoms with Crippen LogP contribution in [0, 0.1) is 0 Å². The number of para-hydroxylation sites is 1. The normalized spacial score (nSPS) is 15.2. The molecular weight excluding hydrogens is 294 g/mol. The van der Waals surface area contributed by atoms with E-state index in [0.717, 1.165) is 36.8 Å². The van der Waals surface area contributed by atoms with Gasteiger partial charge in [-0.15, -0.1) is 0 Å². The summed E-state index contributed by atoms with van der Waals surface area (Å²) in [5, 5.41) is 0. The molecule has 22 heavy (non-hydrogen) atoms. The average molecular weight is 313 g/mol. The van der Waals surface area contributed by atoms with Gasteiger partial charge in [-0.25, -0.2) is 0 Å². The molecule has 114 valence electrons. The highest BCUT2D eigenvalue weighted by Gasteiger charge is 2.17. The van der Waals surface area contributed by atoms with Crippen molar-refractivity contribution in [1.82, 2.24) is 4.90 Å². The fraction of sp³-hybridized carbons (Fsp3) is 0.278. The van der Waals surface area contributed by atoms with Crippen LogP contribution in [0.2, 0.25) is 0 Å². The van der Waals surface area contributed by atoms with Crippen LogP contribution in [0.1, 0.15) is 16.8 Å². The molecule has 0 bridgehead atoms. The summed E-state index contributed by atoms with van der Waals surface area (Å²) in [7, 11) is 0. The minimum Gasteiger partial charge on any atom is -0.457 e. The van der Waals surface area contributed by atoms with Crippen molar-refractivity contribution < 1.29 is 9.53 Å². The lowest BCUT2D eigenvalue weighted by atomic mass is 10.2. The first-order valence-corrected chi connectivity index (χ1v) is 8.68. The highest BCUT2D eigenvalue weighted by atomic mass is 32.2. The monoisotopic (exact) mass is 313 g/mol. The lowest BCUT2D eigenvalue weighted by molar-refractivity contribution is 0.0768. The number of thioether (sulfide) groups is 1. The third kappa shape index (κ3) is 3.83. The first kappa shape index (κ1) is 15.0. The van der Waals surface area contributed by atoms with E-state index in [1.807, 2.05) is 71.3 Å². The van der Waals surface area contributed by atoms with Crippen LogP contribution in [0.4, 0.5) is 0 Å². The van der Waals surface area contributed by atoms with E-state index >= 15 is 0 Å². The van der Waals surface area contributed by atoms with Gasteiger partial charge >= 0.3 is 0 Å². The van der Waals surface area contributed by atoms with Gasteiger partial charge in [-0.2, -0.15) is 11.8 Å². The second-order valence-electron chi connectivity index (χ2n) is 5.20. The van der Waals surface area contributed by atoms with Crippen LogP contribution in [0.5, 0.6) is 11.5 Å². The number of hydrogen-bond donors (Lipinski definition) is 0. The van der Waals surface area contributed by atoms with E-state index in [0.29, 0.717) is 11.3 Å². The summed E-state index contributed by atoms with van der Waals surface area (Å²) in [5.74, 6) is 3.73. The molecule has 0 atom stereocenters. The Labute approximate surface area is 135 Å². The standard InChI is InChI=1S/C18H19NO2S/c20-18(19-10-5-12-22-13-11-19)15-6-4-9-17(14-15)21-16-7-2-1-3-8-16/h1-4,6-9,14H,5,10-13H2. The number of carbonyl (C=O) groups is 1. The van der Waals surface area contributed by atoms with Crippen LogP contribution in [0.25, 0.3) is 0 Å². The molecule has 3 rings (SSSR count). The van der Waals surface area contributed by atoms with Gasteiger partial charge in [0, 0.05) is 24.4 Å². The van der Waals surface area contributed by atoms with E-state index in [9.17, 15) is 4.79 Å². The van der Waals surface area contributed by atoms with Crippen LogP contribution in [0.15, 0.2) is 54.6 Å². The number of nitrogens with zero attached hydrogens (tertiary/aromatic N) is 1. The second-order valence-corrected chi connectivity index (χ2v) is 6.43. The fourth-order valence-electron chi connectivity index (χ4n) is 2.45. The Balaban J connectivity index is 1.74. The molecule has 1 aliphatic rings. The Hall–Kier alpha value is -1.94. The zero-order chi connectivity index (χ0) is 15.2. The predicted octanol–water partition coefficient (Wildman–Crippen LogP) is 4.06. The van der Waals surface area contributed by atoms with Crippen molar-refractivity contribution >= 4 is 17.7 Å². The number of benzene rings is 2. The Morgan fingerprint density at radius 3 is 2.64 bits per heavy atom. The zero-order valence-electron chi connectivity index (χ0n) is 12.4. The minimum atomic E-state index is 0.0982. The maximum atomic E-state index is 12.6. The third-order valence-corrected chi connectivity index (χ3v) is 4.62. The Morgan fingerprint density at radius 2 is 1.77 bits per heavy atom. The molecular formula is C18H19NO2S. The summed E-state index contributed by atoms with van der Waals surface area (Å²) in [6.07, 6.45) is 1.07. The van der Waals surface area contributed by atoms with Crippen molar-refractivity contribution in [3.8, 4) is 11.5 Å². The van der Waals surface area contributed by atoms with Crippen molar-refractivity contribution in [3.63, 3.8) is 0 Å². The summed E-state index contributed by atoms with van der Waals surface area (Å²) in [6.45, 7) is 1.67. The number of hydrogen-bond acceptors (Lipinski definition) is 3. The van der Waals surface area contributed by atoms with E-state index in [1.165, 1.54) is 0 Å².